The maximum absolute atomic E-state index is 10.2. The van der Waals surface area contributed by atoms with Gasteiger partial charge in [0.2, 0.25) is 0 Å². The molecule has 0 aromatic carbocycles. The molecule has 42 nitrogen and oxygen atoms in total. The van der Waals surface area contributed by atoms with E-state index in [1.54, 1.807) is 0 Å². The molecule has 0 bridgehead atoms. The molecule has 12 rings (SSSR count). The fourth-order valence-electron chi connectivity index (χ4n) is 11.2. The second kappa shape index (κ2) is 72.6. The number of aryl methyl sites for hydroxylation is 24. The van der Waals surface area contributed by atoms with Crippen LogP contribution in [-0.4, -0.2) is 176 Å². The fraction of sp³-hybridized carbons (Fsp3) is 0.571. The van der Waals surface area contributed by atoms with E-state index in [1.807, 2.05) is 0 Å². The third-order valence-corrected chi connectivity index (χ3v) is 20.8. The van der Waals surface area contributed by atoms with E-state index in [2.05, 4.69) is 509 Å². The molecule has 0 aliphatic carbocycles. The summed E-state index contributed by atoms with van der Waals surface area (Å²) < 4.78 is 267. The van der Waals surface area contributed by atoms with Crippen molar-refractivity contribution in [2.24, 2.45) is 84.6 Å². The Labute approximate surface area is 846 Å². The summed E-state index contributed by atoms with van der Waals surface area (Å²) in [6.07, 6.45) is 49.9. The van der Waals surface area contributed by atoms with E-state index in [1.165, 1.54) is 69.9 Å². The third-order valence-electron chi connectivity index (χ3n) is 20.8. The maximum atomic E-state index is 10.2. The molecule has 0 aliphatic heterocycles. The zero-order valence-electron chi connectivity index (χ0n) is 87.4. The van der Waals surface area contributed by atoms with Crippen LogP contribution >= 0.6 is 0 Å². The quantitative estimate of drug-likeness (QED) is 0.0623. The molecular formula is C84H156F6N24O18Sb6. The van der Waals surface area contributed by atoms with Crippen LogP contribution in [-0.2, 0) is 181 Å². The van der Waals surface area contributed by atoms with E-state index >= 15 is 0 Å². The van der Waals surface area contributed by atoms with Crippen molar-refractivity contribution in [3.05, 3.63) is 219 Å². The van der Waals surface area contributed by atoms with Crippen molar-refractivity contribution in [2.45, 2.75) is 245 Å². The van der Waals surface area contributed by atoms with Gasteiger partial charge in [0, 0.05) is 83.1 Å². The van der Waals surface area contributed by atoms with Crippen LogP contribution in [0.5, 0.6) is 0 Å². The Hall–Kier alpha value is -6.67. The molecule has 0 saturated carbocycles. The van der Waals surface area contributed by atoms with Crippen molar-refractivity contribution in [3.8, 4) is 0 Å². The molecule has 0 radical (unpaired) electrons. The molecule has 0 fully saturated rings. The Balaban J connectivity index is -0.000000336. The first-order valence-corrected chi connectivity index (χ1v) is 68.1. The minimum atomic E-state index is -6.35. The molecular weight excluding hydrogens is 2480 g/mol. The van der Waals surface area contributed by atoms with Crippen LogP contribution in [0, 0.1) is 83.1 Å². The van der Waals surface area contributed by atoms with Gasteiger partial charge in [0.05, 0.1) is 163 Å². The molecule has 0 amide bonds. The normalized spacial score (nSPS) is 10.5. The molecule has 54 heteroatoms. The summed E-state index contributed by atoms with van der Waals surface area (Å²) in [7, 11) is 24.7. The summed E-state index contributed by atoms with van der Waals surface area (Å²) in [5.41, 5.74) is 0. The van der Waals surface area contributed by atoms with Crippen molar-refractivity contribution in [1.29, 1.82) is 0 Å². The van der Waals surface area contributed by atoms with Crippen molar-refractivity contribution < 1.29 is 130 Å². The first kappa shape index (κ1) is 142. The summed E-state index contributed by atoms with van der Waals surface area (Å²) in [5, 5.41) is 0. The molecule has 792 valence electrons. The minimum absolute atomic E-state index is 1.06. The summed E-state index contributed by atoms with van der Waals surface area (Å²) in [4.78, 5) is 0. The fourth-order valence-corrected chi connectivity index (χ4v) is 11.2. The van der Waals surface area contributed by atoms with Crippen LogP contribution in [0.15, 0.2) is 149 Å². The van der Waals surface area contributed by atoms with Gasteiger partial charge >= 0.3 is 197 Å². The molecule has 12 heterocycles. The zero-order valence-corrected chi connectivity index (χ0v) is 103. The van der Waals surface area contributed by atoms with E-state index in [4.69, 9.17) is 58.7 Å². The van der Waals surface area contributed by atoms with Crippen LogP contribution in [0.2, 0.25) is 0 Å². The Bertz CT molecular complexity index is 4440. The topological polar surface area (TPSA) is 485 Å². The van der Waals surface area contributed by atoms with Gasteiger partial charge in [-0.05, 0) is 83.1 Å². The van der Waals surface area contributed by atoms with Crippen molar-refractivity contribution in [1.82, 2.24) is 54.8 Å². The number of halogens is 6. The van der Waals surface area contributed by atoms with Gasteiger partial charge in [-0.1, -0.05) is 0 Å². The van der Waals surface area contributed by atoms with Crippen molar-refractivity contribution >= 4 is 121 Å². The predicted octanol–water partition coefficient (Wildman–Crippen LogP) is -7.05. The first-order valence-electron chi connectivity index (χ1n) is 43.5. The molecule has 0 aliphatic rings. The monoisotopic (exact) mass is 2630 g/mol. The molecule has 0 atom stereocenters. The van der Waals surface area contributed by atoms with E-state index in [-0.39, 0.29) is 0 Å². The summed E-state index contributed by atoms with van der Waals surface area (Å²) in [6, 6.07) is 0. The van der Waals surface area contributed by atoms with E-state index in [0.717, 1.165) is 78.5 Å². The Kier molecular flexibility index (Phi) is 74.7. The van der Waals surface area contributed by atoms with Crippen LogP contribution in [0.4, 0.5) is 16.9 Å². The van der Waals surface area contributed by atoms with Gasteiger partial charge in [-0.2, -0.15) is 0 Å². The molecule has 12 aromatic heterocycles. The number of aromatic nitrogens is 24. The average molecular weight is 2630 g/mol. The van der Waals surface area contributed by atoms with Crippen LogP contribution in [0.25, 0.3) is 0 Å². The average Bonchev–Trinajstić information content (AvgIpc) is 1.84. The van der Waals surface area contributed by atoms with Crippen molar-refractivity contribution in [2.75, 3.05) is 0 Å². The van der Waals surface area contributed by atoms with Crippen molar-refractivity contribution in [3.63, 3.8) is 0 Å². The molecule has 0 spiro atoms. The Morgan fingerprint density at radius 2 is 0.210 bits per heavy atom. The standard InChI is InChI=1S/12C7H13N2.6FH.18O.6Sb/c12*1-4-9-6-5-8(3)7(9)2;;;;;;;;;;;;;;;;;;;;;;;;;;;;;;/h12*5-6H,4H2,1-3H3;6*1H;;;;;;;;;;;;;;;;;;;;;;;;/q12*+1;;;;;;;;;;;;;12*-1;6*+1/p-6. The summed E-state index contributed by atoms with van der Waals surface area (Å²) >= 11 is -38.1. The van der Waals surface area contributed by atoms with Gasteiger partial charge in [-0.25, -0.2) is 110 Å². The zero-order chi connectivity index (χ0) is 109. The predicted molar refractivity (Wildman–Crippen MR) is 478 cm³/mol. The van der Waals surface area contributed by atoms with E-state index in [9.17, 15) is 16.9 Å². The Morgan fingerprint density at radius 1 is 0.167 bits per heavy atom. The van der Waals surface area contributed by atoms with Gasteiger partial charge in [-0.3, -0.25) is 0 Å². The molecule has 0 saturated heterocycles. The van der Waals surface area contributed by atoms with Gasteiger partial charge in [0.1, 0.15) is 149 Å². The van der Waals surface area contributed by atoms with Gasteiger partial charge in [0.25, 0.3) is 69.9 Å². The number of nitrogens with zero attached hydrogens (tertiary/aromatic N) is 24. The number of rotatable bonds is 12. The molecule has 0 N–H and O–H groups in total. The second-order valence-corrected chi connectivity index (χ2v) is 44.2. The number of imidazole rings is 12. The Morgan fingerprint density at radius 3 is 0.225 bits per heavy atom. The van der Waals surface area contributed by atoms with Crippen LogP contribution in [0.3, 0.4) is 0 Å². The summed E-state index contributed by atoms with van der Waals surface area (Å²) in [5.74, 6) is 15.6. The van der Waals surface area contributed by atoms with E-state index < -0.39 is 121 Å². The van der Waals surface area contributed by atoms with Crippen LogP contribution < -0.4 is 95.4 Å². The van der Waals surface area contributed by atoms with Gasteiger partial charge in [-0.15, -0.1) is 0 Å². The molecule has 12 aromatic rings. The molecule has 138 heavy (non-hydrogen) atoms. The first-order chi connectivity index (χ1) is 63.0. The second-order valence-electron chi connectivity index (χ2n) is 29.5. The number of hydrogen-bond donors (Lipinski definition) is 0. The number of hydrogen-bond acceptors (Lipinski definition) is 18. The summed E-state index contributed by atoms with van der Waals surface area (Å²) in [6.45, 7) is 63.9. The van der Waals surface area contributed by atoms with Crippen LogP contribution in [0.1, 0.15) is 153 Å². The third kappa shape index (κ3) is 70.9. The SMILES string of the molecule is CC[n+]1ccn(C)c1C.CC[n+]1ccn(C)c1C.CC[n+]1ccn(C)c1C.CC[n+]1ccn(C)c1C.CC[n+]1ccn(C)c1C.CC[n+]1ccn(C)c1C.CC[n+]1ccn(C)c1C.CC[n+]1ccn(C)c1C.CC[n+]1ccn(C)c1C.CC[n+]1ccn(C)c1C.CC[n+]1ccn(C)c1C.CC[n+]1ccn(C)c1C.[O]=[Sb]([O-])([O-])[F].[O]=[Sb]([O-])([O-])[F].[O]=[Sb]([O-])([O-])[F].[O]=[Sb]([O-])([O-])[F].[O]=[Sb]([O-])([O-])[F].[O]=[Sb]([O-])([O-])[F]. The van der Waals surface area contributed by atoms with Gasteiger partial charge < -0.3 is 0 Å². The van der Waals surface area contributed by atoms with E-state index in [0.29, 0.717) is 0 Å². The molecule has 0 unspecified atom stereocenters. The van der Waals surface area contributed by atoms with Gasteiger partial charge in [0.15, 0.2) is 0 Å².